The summed E-state index contributed by atoms with van der Waals surface area (Å²) in [4.78, 5) is 34.9. The maximum absolute atomic E-state index is 12.8. The fourth-order valence-corrected chi connectivity index (χ4v) is 5.96. The highest BCUT2D eigenvalue weighted by Crippen LogP contribution is 2.30. The molecule has 1 aliphatic heterocycles. The summed E-state index contributed by atoms with van der Waals surface area (Å²) >= 11 is 0.947. The molecule has 1 saturated heterocycles. The van der Waals surface area contributed by atoms with Gasteiger partial charge in [0.05, 0.1) is 46.2 Å². The molecule has 36 heavy (non-hydrogen) atoms. The summed E-state index contributed by atoms with van der Waals surface area (Å²) in [5, 5.41) is 9.53. The van der Waals surface area contributed by atoms with Crippen LogP contribution in [0.2, 0.25) is 0 Å². The molecule has 0 atom stereocenters. The van der Waals surface area contributed by atoms with Crippen molar-refractivity contribution in [3.63, 3.8) is 0 Å². The molecule has 1 amide bonds. The first kappa shape index (κ1) is 25.3. The number of benzene rings is 1. The minimum absolute atomic E-state index is 0.163. The maximum Gasteiger partial charge on any atom is 0.340 e. The number of nitrogens with zero attached hydrogens (tertiary/aromatic N) is 4. The summed E-state index contributed by atoms with van der Waals surface area (Å²) in [5.41, 5.74) is 1.24. The largest absolute Gasteiger partial charge is 0.494 e. The third-order valence-electron chi connectivity index (χ3n) is 5.48. The number of carbonyl (C=O) groups is 2. The van der Waals surface area contributed by atoms with Crippen molar-refractivity contribution in [2.45, 2.75) is 25.1 Å². The van der Waals surface area contributed by atoms with Crippen LogP contribution in [0.25, 0.3) is 10.2 Å². The van der Waals surface area contributed by atoms with Crippen LogP contribution in [-0.2, 0) is 19.6 Å². The van der Waals surface area contributed by atoms with Gasteiger partial charge in [0.2, 0.25) is 10.2 Å². The van der Waals surface area contributed by atoms with Crippen molar-refractivity contribution in [3.8, 4) is 11.8 Å². The fraction of sp³-hybridized carbons (Fsp3) is 0.348. The van der Waals surface area contributed by atoms with E-state index in [4.69, 9.17) is 9.47 Å². The number of ether oxygens (including phenoxy) is 2. The second-order valence-corrected chi connectivity index (χ2v) is 10.8. The van der Waals surface area contributed by atoms with Crippen LogP contribution in [-0.4, -0.2) is 56.6 Å². The van der Waals surface area contributed by atoms with Crippen LogP contribution in [0.5, 0.6) is 5.75 Å². The van der Waals surface area contributed by atoms with Gasteiger partial charge in [0.15, 0.2) is 0 Å². The lowest BCUT2D eigenvalue weighted by molar-refractivity contribution is -0.123. The van der Waals surface area contributed by atoms with Gasteiger partial charge in [-0.15, -0.1) is 11.3 Å². The molecule has 1 aliphatic rings. The number of aryl methyl sites for hydroxylation is 1. The molecule has 0 saturated carbocycles. The lowest BCUT2D eigenvalue weighted by Gasteiger charge is -2.39. The van der Waals surface area contributed by atoms with Crippen molar-refractivity contribution in [1.29, 1.82) is 5.26 Å². The smallest absolute Gasteiger partial charge is 0.340 e. The molecule has 1 fully saturated rings. The number of hydrogen-bond donors (Lipinski definition) is 1. The van der Waals surface area contributed by atoms with Crippen molar-refractivity contribution in [2.75, 3.05) is 31.2 Å². The Bertz CT molecular complexity index is 1490. The molecule has 2 aromatic heterocycles. The number of hydrogen-bond acceptors (Lipinski definition) is 11. The number of esters is 1. The van der Waals surface area contributed by atoms with Gasteiger partial charge in [-0.2, -0.15) is 13.7 Å². The van der Waals surface area contributed by atoms with Crippen LogP contribution in [0.3, 0.4) is 0 Å². The first-order valence-electron chi connectivity index (χ1n) is 11.1. The molecule has 13 heteroatoms. The number of anilines is 1. The maximum atomic E-state index is 12.8. The highest BCUT2D eigenvalue weighted by atomic mass is 32.2. The second-order valence-electron chi connectivity index (χ2n) is 7.94. The summed E-state index contributed by atoms with van der Waals surface area (Å²) in [7, 11) is -4.16. The molecular weight excluding hydrogens is 506 g/mol. The van der Waals surface area contributed by atoms with E-state index in [0.717, 1.165) is 11.3 Å². The molecule has 0 unspecified atom stereocenters. The average Bonchev–Trinajstić information content (AvgIpc) is 3.23. The molecule has 0 radical (unpaired) electrons. The van der Waals surface area contributed by atoms with E-state index in [-0.39, 0.29) is 35.2 Å². The summed E-state index contributed by atoms with van der Waals surface area (Å²) in [6, 6.07) is 8.50. The summed E-state index contributed by atoms with van der Waals surface area (Å²) in [6.07, 6.45) is 0. The van der Waals surface area contributed by atoms with Crippen molar-refractivity contribution >= 4 is 49.3 Å². The van der Waals surface area contributed by atoms with E-state index in [1.807, 2.05) is 13.0 Å². The SMILES string of the molecule is CCOC(=O)c1cc(C#N)c(N2CC(C(=O)NS(=O)(=O)c3nc4ccc(OCC)cc4s3)C2)nc1C. The van der Waals surface area contributed by atoms with Gasteiger partial charge in [0, 0.05) is 13.1 Å². The number of thiazole rings is 1. The number of amides is 1. The van der Waals surface area contributed by atoms with E-state index < -0.39 is 27.8 Å². The van der Waals surface area contributed by atoms with E-state index in [1.54, 1.807) is 36.9 Å². The number of aromatic nitrogens is 2. The van der Waals surface area contributed by atoms with Gasteiger partial charge in [-0.3, -0.25) is 4.79 Å². The van der Waals surface area contributed by atoms with Crippen molar-refractivity contribution in [2.24, 2.45) is 5.92 Å². The van der Waals surface area contributed by atoms with Gasteiger partial charge < -0.3 is 14.4 Å². The van der Waals surface area contributed by atoms with Gasteiger partial charge in [0.25, 0.3) is 10.0 Å². The van der Waals surface area contributed by atoms with E-state index in [0.29, 0.717) is 34.1 Å². The van der Waals surface area contributed by atoms with E-state index >= 15 is 0 Å². The number of carbonyl (C=O) groups excluding carboxylic acids is 2. The Balaban J connectivity index is 1.44. The van der Waals surface area contributed by atoms with E-state index in [2.05, 4.69) is 14.7 Å². The molecule has 0 bridgehead atoms. The third kappa shape index (κ3) is 4.95. The number of nitrogens with one attached hydrogen (secondary N) is 1. The van der Waals surface area contributed by atoms with Crippen molar-refractivity contribution < 1.29 is 27.5 Å². The predicted octanol–water partition coefficient (Wildman–Crippen LogP) is 2.39. The quantitative estimate of drug-likeness (QED) is 0.431. The molecule has 3 heterocycles. The van der Waals surface area contributed by atoms with Gasteiger partial charge in [0.1, 0.15) is 17.6 Å². The van der Waals surface area contributed by atoms with Crippen molar-refractivity contribution in [3.05, 3.63) is 41.1 Å². The normalized spacial score (nSPS) is 13.7. The van der Waals surface area contributed by atoms with Crippen LogP contribution in [0, 0.1) is 24.2 Å². The van der Waals surface area contributed by atoms with Gasteiger partial charge in [-0.25, -0.2) is 19.5 Å². The van der Waals surface area contributed by atoms with Gasteiger partial charge in [-0.05, 0) is 45.0 Å². The van der Waals surface area contributed by atoms with Crippen LogP contribution in [0.1, 0.15) is 35.5 Å². The molecular formula is C23H23N5O6S2. The monoisotopic (exact) mass is 529 g/mol. The fourth-order valence-electron chi connectivity index (χ4n) is 3.66. The predicted molar refractivity (Wildman–Crippen MR) is 131 cm³/mol. The highest BCUT2D eigenvalue weighted by Gasteiger charge is 2.37. The van der Waals surface area contributed by atoms with Gasteiger partial charge >= 0.3 is 5.97 Å². The number of rotatable bonds is 8. The van der Waals surface area contributed by atoms with Crippen LogP contribution >= 0.6 is 11.3 Å². The Hall–Kier alpha value is -3.76. The van der Waals surface area contributed by atoms with Crippen LogP contribution < -0.4 is 14.4 Å². The molecule has 1 N–H and O–H groups in total. The highest BCUT2D eigenvalue weighted by molar-refractivity contribution is 7.92. The first-order valence-corrected chi connectivity index (χ1v) is 13.4. The standard InChI is InChI=1S/C23H23N5O6S2/c1-4-33-16-6-7-18-19(9-16)35-23(26-18)36(31,32)27-21(29)15-11-28(12-15)20-14(10-24)8-17(13(3)25-20)22(30)34-5-2/h6-9,15H,4-5,11-12H2,1-3H3,(H,27,29). The third-order valence-corrected chi connectivity index (χ3v) is 8.22. The Morgan fingerprint density at radius 2 is 1.97 bits per heavy atom. The number of nitriles is 1. The van der Waals surface area contributed by atoms with Gasteiger partial charge in [-0.1, -0.05) is 0 Å². The number of pyridine rings is 1. The van der Waals surface area contributed by atoms with E-state index in [1.165, 1.54) is 6.07 Å². The lowest BCUT2D eigenvalue weighted by Crippen LogP contribution is -2.55. The molecule has 1 aromatic carbocycles. The zero-order valence-electron chi connectivity index (χ0n) is 19.8. The minimum Gasteiger partial charge on any atom is -0.494 e. The Morgan fingerprint density at radius 1 is 1.22 bits per heavy atom. The topological polar surface area (TPSA) is 152 Å². The Kier molecular flexibility index (Phi) is 7.09. The second kappa shape index (κ2) is 10.1. The summed E-state index contributed by atoms with van der Waals surface area (Å²) in [5.74, 6) is -0.935. The first-order chi connectivity index (χ1) is 17.2. The molecule has 188 valence electrons. The van der Waals surface area contributed by atoms with E-state index in [9.17, 15) is 23.3 Å². The summed E-state index contributed by atoms with van der Waals surface area (Å²) < 4.78 is 38.5. The minimum atomic E-state index is -4.16. The number of fused-ring (bicyclic) bond motifs is 1. The zero-order chi connectivity index (χ0) is 26.0. The van der Waals surface area contributed by atoms with Crippen LogP contribution in [0.4, 0.5) is 5.82 Å². The average molecular weight is 530 g/mol. The molecule has 11 nitrogen and oxygen atoms in total. The van der Waals surface area contributed by atoms with Crippen molar-refractivity contribution in [1.82, 2.24) is 14.7 Å². The summed E-state index contributed by atoms with van der Waals surface area (Å²) in [6.45, 7) is 6.16. The Morgan fingerprint density at radius 3 is 2.64 bits per heavy atom. The molecule has 3 aromatic rings. The van der Waals surface area contributed by atoms with Crippen LogP contribution in [0.15, 0.2) is 28.6 Å². The molecule has 0 aliphatic carbocycles. The molecule has 0 spiro atoms. The Labute approximate surface area is 211 Å². The zero-order valence-corrected chi connectivity index (χ0v) is 21.4. The molecule has 4 rings (SSSR count). The lowest BCUT2D eigenvalue weighted by atomic mass is 9.98. The number of sulfonamides is 1.